The summed E-state index contributed by atoms with van der Waals surface area (Å²) in [5.41, 5.74) is 0.452. The molecule has 0 N–H and O–H groups in total. The van der Waals surface area contributed by atoms with E-state index in [1.165, 1.54) is 25.3 Å². The zero-order valence-electron chi connectivity index (χ0n) is 20.9. The van der Waals surface area contributed by atoms with Gasteiger partial charge in [0, 0.05) is 58.4 Å². The van der Waals surface area contributed by atoms with Crippen molar-refractivity contribution in [2.24, 2.45) is 11.8 Å². The number of rotatable bonds is 6. The lowest BCUT2D eigenvalue weighted by molar-refractivity contribution is -0.129. The molecule has 9 heteroatoms. The quantitative estimate of drug-likeness (QED) is 0.552. The number of halogens is 2. The Morgan fingerprint density at radius 1 is 1.00 bits per heavy atom. The van der Waals surface area contributed by atoms with Crippen LogP contribution in [0.4, 0.5) is 14.6 Å². The lowest BCUT2D eigenvalue weighted by Crippen LogP contribution is -2.47. The Bertz CT molecular complexity index is 1090. The average Bonchev–Trinajstić information content (AvgIpc) is 3.46. The molecule has 1 amide bonds. The van der Waals surface area contributed by atoms with E-state index in [2.05, 4.69) is 19.9 Å². The number of carbonyl (C=O) groups excluding carboxylic acids is 1. The minimum atomic E-state index is -0.917. The molecule has 7 nitrogen and oxygen atoms in total. The molecule has 0 atom stereocenters. The molecular formula is C27H36F2N4O3. The Morgan fingerprint density at radius 3 is 2.47 bits per heavy atom. The Hall–Kier alpha value is -2.26. The van der Waals surface area contributed by atoms with E-state index in [1.807, 2.05) is 0 Å². The molecule has 2 aromatic rings. The molecule has 0 radical (unpaired) electrons. The molecule has 4 heterocycles. The summed E-state index contributed by atoms with van der Waals surface area (Å²) in [6.07, 6.45) is 8.69. The molecule has 1 saturated carbocycles. The van der Waals surface area contributed by atoms with Crippen LogP contribution in [0.1, 0.15) is 51.4 Å². The van der Waals surface area contributed by atoms with Crippen molar-refractivity contribution in [2.75, 3.05) is 57.4 Å². The summed E-state index contributed by atoms with van der Waals surface area (Å²) in [6, 6.07) is 2.24. The Morgan fingerprint density at radius 2 is 1.72 bits per heavy atom. The van der Waals surface area contributed by atoms with E-state index in [4.69, 9.17) is 9.26 Å². The van der Waals surface area contributed by atoms with E-state index in [-0.39, 0.29) is 11.1 Å². The van der Waals surface area contributed by atoms with Gasteiger partial charge in [0.05, 0.1) is 10.9 Å². The molecule has 3 aliphatic heterocycles. The first-order valence-electron chi connectivity index (χ1n) is 13.6. The van der Waals surface area contributed by atoms with Gasteiger partial charge >= 0.3 is 0 Å². The third-order valence-electron chi connectivity index (χ3n) is 9.08. The number of benzene rings is 1. The molecule has 36 heavy (non-hydrogen) atoms. The zero-order valence-corrected chi connectivity index (χ0v) is 20.9. The Kier molecular flexibility index (Phi) is 6.62. The number of hydrogen-bond acceptors (Lipinski definition) is 6. The average molecular weight is 503 g/mol. The van der Waals surface area contributed by atoms with Gasteiger partial charge < -0.3 is 19.1 Å². The molecule has 0 unspecified atom stereocenters. The summed E-state index contributed by atoms with van der Waals surface area (Å²) in [5.74, 6) is 0.414. The van der Waals surface area contributed by atoms with Gasteiger partial charge in [-0.1, -0.05) is 5.16 Å². The van der Waals surface area contributed by atoms with Gasteiger partial charge in [-0.3, -0.25) is 9.69 Å². The molecule has 4 aliphatic rings. The van der Waals surface area contributed by atoms with Crippen LogP contribution in [-0.4, -0.2) is 78.9 Å². The number of amides is 1. The van der Waals surface area contributed by atoms with Crippen LogP contribution in [0.2, 0.25) is 0 Å². The van der Waals surface area contributed by atoms with Crippen LogP contribution >= 0.6 is 0 Å². The van der Waals surface area contributed by atoms with Crippen LogP contribution in [-0.2, 0) is 9.53 Å². The van der Waals surface area contributed by atoms with E-state index in [0.717, 1.165) is 90.1 Å². The van der Waals surface area contributed by atoms with Crippen molar-refractivity contribution in [3.63, 3.8) is 0 Å². The van der Waals surface area contributed by atoms with E-state index in [0.29, 0.717) is 29.4 Å². The zero-order chi connectivity index (χ0) is 24.7. The predicted molar refractivity (Wildman–Crippen MR) is 132 cm³/mol. The standard InChI is InChI=1S/C27H36F2N4O3/c28-22-16-21-24(17-23(22)29)36-30-26(21)32-11-9-31(10-12-32)8-3-19-1-6-27(7-2-19)18-33(27)25(34)15-20-4-13-35-14-5-20/h16-17,19-20H,1-15,18H2. The maximum atomic E-state index is 13.7. The van der Waals surface area contributed by atoms with Crippen molar-refractivity contribution >= 4 is 22.7 Å². The van der Waals surface area contributed by atoms with E-state index in [9.17, 15) is 13.6 Å². The molecule has 196 valence electrons. The minimum Gasteiger partial charge on any atom is -0.381 e. The highest BCUT2D eigenvalue weighted by molar-refractivity contribution is 5.88. The van der Waals surface area contributed by atoms with E-state index in [1.54, 1.807) is 0 Å². The van der Waals surface area contributed by atoms with Crippen molar-refractivity contribution in [1.82, 2.24) is 15.0 Å². The second-order valence-corrected chi connectivity index (χ2v) is 11.3. The van der Waals surface area contributed by atoms with Crippen molar-refractivity contribution in [2.45, 2.75) is 56.9 Å². The Balaban J connectivity index is 0.927. The summed E-state index contributed by atoms with van der Waals surface area (Å²) >= 11 is 0. The summed E-state index contributed by atoms with van der Waals surface area (Å²) < 4.78 is 37.9. The third-order valence-corrected chi connectivity index (χ3v) is 9.08. The van der Waals surface area contributed by atoms with Crippen molar-refractivity contribution in [1.29, 1.82) is 0 Å². The molecule has 4 fully saturated rings. The van der Waals surface area contributed by atoms with E-state index >= 15 is 0 Å². The molecule has 3 saturated heterocycles. The van der Waals surface area contributed by atoms with Crippen LogP contribution in [0.3, 0.4) is 0 Å². The van der Waals surface area contributed by atoms with Gasteiger partial charge in [0.2, 0.25) is 5.91 Å². The fourth-order valence-corrected chi connectivity index (χ4v) is 6.55. The van der Waals surface area contributed by atoms with Crippen LogP contribution in [0, 0.1) is 23.5 Å². The summed E-state index contributed by atoms with van der Waals surface area (Å²) in [4.78, 5) is 19.6. The lowest BCUT2D eigenvalue weighted by Gasteiger charge is -2.36. The number of anilines is 1. The summed E-state index contributed by atoms with van der Waals surface area (Å²) in [6.45, 7) is 7.08. The van der Waals surface area contributed by atoms with Gasteiger partial charge in [0.25, 0.3) is 0 Å². The SMILES string of the molecule is O=C(CC1CCOCC1)N1CC12CCC(CCN1CCN(c3noc4cc(F)c(F)cc34)CC1)CC2. The molecule has 1 spiro atoms. The fraction of sp³-hybridized carbons (Fsp3) is 0.704. The number of hydrogen-bond donors (Lipinski definition) is 0. The summed E-state index contributed by atoms with van der Waals surface area (Å²) in [7, 11) is 0. The normalized spacial score (nSPS) is 27.8. The maximum Gasteiger partial charge on any atom is 0.223 e. The molecule has 1 aromatic heterocycles. The number of nitrogens with zero attached hydrogens (tertiary/aromatic N) is 4. The van der Waals surface area contributed by atoms with Crippen LogP contribution in [0.15, 0.2) is 16.7 Å². The Labute approximate surface area is 210 Å². The van der Waals surface area contributed by atoms with Crippen molar-refractivity contribution in [3.8, 4) is 0 Å². The highest BCUT2D eigenvalue weighted by Crippen LogP contribution is 2.48. The second kappa shape index (κ2) is 9.89. The molecular weight excluding hydrogens is 466 g/mol. The molecule has 6 rings (SSSR count). The predicted octanol–water partition coefficient (Wildman–Crippen LogP) is 4.21. The van der Waals surface area contributed by atoms with Gasteiger partial charge in [-0.15, -0.1) is 0 Å². The highest BCUT2D eigenvalue weighted by atomic mass is 19.2. The molecule has 0 bridgehead atoms. The first-order valence-corrected chi connectivity index (χ1v) is 13.6. The first kappa shape index (κ1) is 24.1. The van der Waals surface area contributed by atoms with Gasteiger partial charge in [0.1, 0.15) is 0 Å². The van der Waals surface area contributed by atoms with Gasteiger partial charge in [-0.05, 0) is 69.4 Å². The van der Waals surface area contributed by atoms with Crippen molar-refractivity contribution < 1.29 is 22.8 Å². The van der Waals surface area contributed by atoms with Gasteiger partial charge in [-0.25, -0.2) is 8.78 Å². The maximum absolute atomic E-state index is 13.7. The van der Waals surface area contributed by atoms with Crippen LogP contribution in [0.25, 0.3) is 11.0 Å². The number of aromatic nitrogens is 1. The smallest absolute Gasteiger partial charge is 0.223 e. The van der Waals surface area contributed by atoms with Gasteiger partial charge in [0.15, 0.2) is 23.0 Å². The van der Waals surface area contributed by atoms with E-state index < -0.39 is 11.6 Å². The molecule has 1 aliphatic carbocycles. The number of ether oxygens (including phenoxy) is 1. The highest BCUT2D eigenvalue weighted by Gasteiger charge is 2.55. The third kappa shape index (κ3) is 4.84. The second-order valence-electron chi connectivity index (χ2n) is 11.3. The topological polar surface area (TPSA) is 61.8 Å². The monoisotopic (exact) mass is 502 g/mol. The number of piperazine rings is 1. The number of fused-ring (bicyclic) bond motifs is 1. The summed E-state index contributed by atoms with van der Waals surface area (Å²) in [5, 5.41) is 4.61. The first-order chi connectivity index (χ1) is 17.5. The fourth-order valence-electron chi connectivity index (χ4n) is 6.55. The number of carbonyl (C=O) groups is 1. The largest absolute Gasteiger partial charge is 0.381 e. The minimum absolute atomic E-state index is 0.174. The van der Waals surface area contributed by atoms with Crippen LogP contribution < -0.4 is 4.90 Å². The lowest BCUT2D eigenvalue weighted by atomic mass is 9.80. The molecule has 1 aromatic carbocycles. The van der Waals surface area contributed by atoms with Crippen molar-refractivity contribution in [3.05, 3.63) is 23.8 Å². The van der Waals surface area contributed by atoms with Crippen LogP contribution in [0.5, 0.6) is 0 Å². The van der Waals surface area contributed by atoms with Gasteiger partial charge in [-0.2, -0.15) is 0 Å².